The van der Waals surface area contributed by atoms with Gasteiger partial charge in [0.1, 0.15) is 6.04 Å². The van der Waals surface area contributed by atoms with Gasteiger partial charge in [0.25, 0.3) is 5.91 Å². The predicted octanol–water partition coefficient (Wildman–Crippen LogP) is 1.36. The summed E-state index contributed by atoms with van der Waals surface area (Å²) in [7, 11) is 1.52. The number of likely N-dealkylation sites (N-methyl/N-ethyl adjacent to an activating group) is 1. The van der Waals surface area contributed by atoms with E-state index in [1.807, 2.05) is 6.07 Å². The summed E-state index contributed by atoms with van der Waals surface area (Å²) in [4.78, 5) is 41.2. The first kappa shape index (κ1) is 19.1. The molecule has 1 atom stereocenters. The zero-order valence-electron chi connectivity index (χ0n) is 14.5. The van der Waals surface area contributed by atoms with Gasteiger partial charge < -0.3 is 15.3 Å². The monoisotopic (exact) mass is 355 g/mol. The largest absolute Gasteiger partial charge is 0.481 e. The molecular formula is C19H21N3O4. The number of benzene rings is 1. The Bertz CT molecular complexity index is 750. The molecule has 2 rings (SSSR count). The topological polar surface area (TPSA) is 99.6 Å². The van der Waals surface area contributed by atoms with Gasteiger partial charge in [0, 0.05) is 38.0 Å². The van der Waals surface area contributed by atoms with Crippen LogP contribution in [0, 0.1) is 0 Å². The maximum atomic E-state index is 12.7. The highest BCUT2D eigenvalue weighted by Gasteiger charge is 2.25. The van der Waals surface area contributed by atoms with Gasteiger partial charge in [-0.05, 0) is 23.8 Å². The summed E-state index contributed by atoms with van der Waals surface area (Å²) in [6.45, 7) is 0.0684. The Morgan fingerprint density at radius 1 is 1.15 bits per heavy atom. The first-order valence-electron chi connectivity index (χ1n) is 8.19. The van der Waals surface area contributed by atoms with Gasteiger partial charge in [-0.2, -0.15) is 0 Å². The molecule has 0 aliphatic rings. The van der Waals surface area contributed by atoms with Crippen molar-refractivity contribution in [3.63, 3.8) is 0 Å². The Hall–Kier alpha value is -3.22. The van der Waals surface area contributed by atoms with Crippen molar-refractivity contribution in [2.75, 3.05) is 13.6 Å². The predicted molar refractivity (Wildman–Crippen MR) is 95.5 cm³/mol. The van der Waals surface area contributed by atoms with Gasteiger partial charge >= 0.3 is 5.97 Å². The summed E-state index contributed by atoms with van der Waals surface area (Å²) in [6.07, 6.45) is 3.37. The molecule has 7 heteroatoms. The van der Waals surface area contributed by atoms with E-state index in [1.165, 1.54) is 11.9 Å². The lowest BCUT2D eigenvalue weighted by atomic mass is 10.1. The Balaban J connectivity index is 2.14. The molecule has 26 heavy (non-hydrogen) atoms. The molecule has 2 N–H and O–H groups in total. The Morgan fingerprint density at radius 3 is 2.50 bits per heavy atom. The number of amides is 2. The SMILES string of the molecule is CN(CCC(=O)O)C(=O)C(Cc1cccnc1)NC(=O)c1ccccc1. The lowest BCUT2D eigenvalue weighted by Crippen LogP contribution is -2.49. The maximum absolute atomic E-state index is 12.7. The summed E-state index contributed by atoms with van der Waals surface area (Å²) >= 11 is 0. The number of carbonyl (C=O) groups is 3. The molecule has 1 heterocycles. The smallest absolute Gasteiger partial charge is 0.305 e. The molecule has 0 saturated carbocycles. The minimum Gasteiger partial charge on any atom is -0.481 e. The number of nitrogens with one attached hydrogen (secondary N) is 1. The number of aromatic nitrogens is 1. The third kappa shape index (κ3) is 5.70. The van der Waals surface area contributed by atoms with E-state index in [-0.39, 0.29) is 31.2 Å². The number of nitrogens with zero attached hydrogens (tertiary/aromatic N) is 2. The minimum atomic E-state index is -0.984. The first-order valence-corrected chi connectivity index (χ1v) is 8.19. The van der Waals surface area contributed by atoms with Crippen LogP contribution in [-0.4, -0.2) is 52.4 Å². The lowest BCUT2D eigenvalue weighted by molar-refractivity contribution is -0.138. The summed E-state index contributed by atoms with van der Waals surface area (Å²) in [5, 5.41) is 11.5. The number of aliphatic carboxylic acids is 1. The van der Waals surface area contributed by atoms with Crippen molar-refractivity contribution >= 4 is 17.8 Å². The van der Waals surface area contributed by atoms with Crippen LogP contribution >= 0.6 is 0 Å². The molecule has 0 aliphatic carbocycles. The van der Waals surface area contributed by atoms with Crippen LogP contribution in [0.1, 0.15) is 22.3 Å². The highest BCUT2D eigenvalue weighted by atomic mass is 16.4. The van der Waals surface area contributed by atoms with E-state index in [0.29, 0.717) is 5.56 Å². The van der Waals surface area contributed by atoms with Crippen LogP contribution < -0.4 is 5.32 Å². The second-order valence-electron chi connectivity index (χ2n) is 5.86. The number of carboxylic acids is 1. The summed E-state index contributed by atoms with van der Waals surface area (Å²) < 4.78 is 0. The van der Waals surface area contributed by atoms with Crippen LogP contribution in [0.2, 0.25) is 0 Å². The van der Waals surface area contributed by atoms with Crippen LogP contribution in [0.4, 0.5) is 0 Å². The lowest BCUT2D eigenvalue weighted by Gasteiger charge is -2.24. The average molecular weight is 355 g/mol. The van der Waals surface area contributed by atoms with Crippen molar-refractivity contribution < 1.29 is 19.5 Å². The van der Waals surface area contributed by atoms with E-state index in [1.54, 1.807) is 48.8 Å². The van der Waals surface area contributed by atoms with E-state index >= 15 is 0 Å². The van der Waals surface area contributed by atoms with Crippen LogP contribution in [-0.2, 0) is 16.0 Å². The Labute approximate surface area is 151 Å². The van der Waals surface area contributed by atoms with Gasteiger partial charge in [0.15, 0.2) is 0 Å². The molecule has 1 aromatic heterocycles. The molecule has 0 bridgehead atoms. The number of carboxylic acid groups (broad SMARTS) is 1. The number of hydrogen-bond donors (Lipinski definition) is 2. The zero-order valence-corrected chi connectivity index (χ0v) is 14.5. The Kier molecular flexibility index (Phi) is 6.84. The van der Waals surface area contributed by atoms with E-state index in [4.69, 9.17) is 5.11 Å². The van der Waals surface area contributed by atoms with E-state index in [9.17, 15) is 14.4 Å². The van der Waals surface area contributed by atoms with E-state index in [0.717, 1.165) is 5.56 Å². The van der Waals surface area contributed by atoms with Crippen molar-refractivity contribution in [2.45, 2.75) is 18.9 Å². The fourth-order valence-corrected chi connectivity index (χ4v) is 2.43. The highest BCUT2D eigenvalue weighted by molar-refractivity contribution is 5.97. The van der Waals surface area contributed by atoms with E-state index < -0.39 is 12.0 Å². The summed E-state index contributed by atoms with van der Waals surface area (Å²) in [5.41, 5.74) is 1.25. The van der Waals surface area contributed by atoms with Gasteiger partial charge in [-0.3, -0.25) is 19.4 Å². The van der Waals surface area contributed by atoms with Crippen LogP contribution in [0.15, 0.2) is 54.9 Å². The Morgan fingerprint density at radius 2 is 1.88 bits per heavy atom. The molecule has 7 nitrogen and oxygen atoms in total. The first-order chi connectivity index (χ1) is 12.5. The van der Waals surface area contributed by atoms with Gasteiger partial charge in [-0.15, -0.1) is 0 Å². The molecule has 0 saturated heterocycles. The van der Waals surface area contributed by atoms with Crippen LogP contribution in [0.25, 0.3) is 0 Å². The fraction of sp³-hybridized carbons (Fsp3) is 0.263. The zero-order chi connectivity index (χ0) is 18.9. The molecule has 0 radical (unpaired) electrons. The molecule has 2 aromatic rings. The molecule has 1 unspecified atom stereocenters. The number of hydrogen-bond acceptors (Lipinski definition) is 4. The van der Waals surface area contributed by atoms with Crippen molar-refractivity contribution in [1.29, 1.82) is 0 Å². The molecule has 0 spiro atoms. The van der Waals surface area contributed by atoms with Crippen molar-refractivity contribution in [3.05, 3.63) is 66.0 Å². The number of carbonyl (C=O) groups excluding carboxylic acids is 2. The van der Waals surface area contributed by atoms with Gasteiger partial charge in [0.2, 0.25) is 5.91 Å². The maximum Gasteiger partial charge on any atom is 0.305 e. The number of rotatable bonds is 8. The highest BCUT2D eigenvalue weighted by Crippen LogP contribution is 2.07. The molecule has 0 fully saturated rings. The van der Waals surface area contributed by atoms with Crippen LogP contribution in [0.5, 0.6) is 0 Å². The minimum absolute atomic E-state index is 0.0684. The normalized spacial score (nSPS) is 11.4. The fourth-order valence-electron chi connectivity index (χ4n) is 2.43. The second kappa shape index (κ2) is 9.31. The van der Waals surface area contributed by atoms with Gasteiger partial charge in [0.05, 0.1) is 6.42 Å². The standard InChI is InChI=1S/C19H21N3O4/c1-22(11-9-17(23)24)19(26)16(12-14-6-5-10-20-13-14)21-18(25)15-7-3-2-4-8-15/h2-8,10,13,16H,9,11-12H2,1H3,(H,21,25)(H,23,24). The summed E-state index contributed by atoms with van der Waals surface area (Å²) in [5.74, 6) is -1.69. The quantitative estimate of drug-likeness (QED) is 0.745. The van der Waals surface area contributed by atoms with Crippen molar-refractivity contribution in [2.24, 2.45) is 0 Å². The van der Waals surface area contributed by atoms with E-state index in [2.05, 4.69) is 10.3 Å². The molecule has 136 valence electrons. The average Bonchev–Trinajstić information content (AvgIpc) is 2.66. The van der Waals surface area contributed by atoms with Crippen LogP contribution in [0.3, 0.4) is 0 Å². The third-order valence-electron chi connectivity index (χ3n) is 3.84. The second-order valence-corrected chi connectivity index (χ2v) is 5.86. The summed E-state index contributed by atoms with van der Waals surface area (Å²) in [6, 6.07) is 11.4. The molecular weight excluding hydrogens is 334 g/mol. The molecule has 1 aromatic carbocycles. The third-order valence-corrected chi connectivity index (χ3v) is 3.84. The van der Waals surface area contributed by atoms with Gasteiger partial charge in [-0.25, -0.2) is 0 Å². The number of pyridine rings is 1. The van der Waals surface area contributed by atoms with Gasteiger partial charge in [-0.1, -0.05) is 24.3 Å². The van der Waals surface area contributed by atoms with Crippen molar-refractivity contribution in [1.82, 2.24) is 15.2 Å². The van der Waals surface area contributed by atoms with Crippen molar-refractivity contribution in [3.8, 4) is 0 Å². The molecule has 2 amide bonds. The molecule has 0 aliphatic heterocycles.